The van der Waals surface area contributed by atoms with Gasteiger partial charge in [0.1, 0.15) is 17.5 Å². The van der Waals surface area contributed by atoms with E-state index in [9.17, 15) is 0 Å². The van der Waals surface area contributed by atoms with Crippen molar-refractivity contribution >= 4 is 23.4 Å². The predicted molar refractivity (Wildman–Crippen MR) is 87.5 cm³/mol. The van der Waals surface area contributed by atoms with Gasteiger partial charge in [-0.15, -0.1) is 0 Å². The van der Waals surface area contributed by atoms with Crippen LogP contribution in [0, 0.1) is 6.92 Å². The maximum absolute atomic E-state index is 5.97. The van der Waals surface area contributed by atoms with Crippen LogP contribution in [0.3, 0.4) is 0 Å². The van der Waals surface area contributed by atoms with E-state index >= 15 is 0 Å². The fraction of sp³-hybridized carbons (Fsp3) is 0.714. The Balaban J connectivity index is 1.94. The second-order valence-electron chi connectivity index (χ2n) is 5.48. The Labute approximate surface area is 125 Å². The number of nitrogens with two attached hydrogens (primary N) is 1. The summed E-state index contributed by atoms with van der Waals surface area (Å²) in [4.78, 5) is 11.4. The number of aromatic nitrogens is 2. The molecule has 112 valence electrons. The first-order valence-electron chi connectivity index (χ1n) is 7.26. The molecule has 0 atom stereocenters. The SMILES string of the molecule is Cc1c(N)nc(C(C)C)nc1NCCN1CCSCC1. The highest BCUT2D eigenvalue weighted by Crippen LogP contribution is 2.20. The van der Waals surface area contributed by atoms with Crippen LogP contribution in [0.25, 0.3) is 0 Å². The van der Waals surface area contributed by atoms with Crippen LogP contribution in [0.1, 0.15) is 31.2 Å². The molecule has 0 radical (unpaired) electrons. The van der Waals surface area contributed by atoms with Gasteiger partial charge in [0.25, 0.3) is 0 Å². The van der Waals surface area contributed by atoms with Crippen LogP contribution in [0.5, 0.6) is 0 Å². The standard InChI is InChI=1S/C14H25N5S/c1-10(2)13-17-12(15)11(3)14(18-13)16-4-5-19-6-8-20-9-7-19/h10H,4-9H2,1-3H3,(H3,15,16,17,18). The van der Waals surface area contributed by atoms with Crippen molar-refractivity contribution in [3.05, 3.63) is 11.4 Å². The van der Waals surface area contributed by atoms with Crippen LogP contribution in [-0.2, 0) is 0 Å². The molecule has 5 nitrogen and oxygen atoms in total. The Morgan fingerprint density at radius 3 is 2.65 bits per heavy atom. The summed E-state index contributed by atoms with van der Waals surface area (Å²) in [6.45, 7) is 10.5. The van der Waals surface area contributed by atoms with Crippen molar-refractivity contribution in [3.63, 3.8) is 0 Å². The van der Waals surface area contributed by atoms with Crippen LogP contribution in [0.15, 0.2) is 0 Å². The molecule has 0 aliphatic carbocycles. The van der Waals surface area contributed by atoms with E-state index in [-0.39, 0.29) is 5.92 Å². The van der Waals surface area contributed by atoms with Crippen molar-refractivity contribution in [2.24, 2.45) is 0 Å². The molecule has 0 saturated carbocycles. The molecular formula is C14H25N5S. The quantitative estimate of drug-likeness (QED) is 0.865. The lowest BCUT2D eigenvalue weighted by Crippen LogP contribution is -2.36. The summed E-state index contributed by atoms with van der Waals surface area (Å²) in [5.74, 6) is 5.06. The molecule has 2 rings (SSSR count). The molecular weight excluding hydrogens is 270 g/mol. The van der Waals surface area contributed by atoms with Gasteiger partial charge in [0.15, 0.2) is 0 Å². The van der Waals surface area contributed by atoms with E-state index in [1.807, 2.05) is 18.7 Å². The Hall–Kier alpha value is -1.01. The molecule has 0 amide bonds. The van der Waals surface area contributed by atoms with Gasteiger partial charge in [-0.05, 0) is 6.92 Å². The molecule has 3 N–H and O–H groups in total. The molecule has 2 heterocycles. The lowest BCUT2D eigenvalue weighted by atomic mass is 10.2. The van der Waals surface area contributed by atoms with Crippen LogP contribution in [-0.4, -0.2) is 52.6 Å². The van der Waals surface area contributed by atoms with Gasteiger partial charge >= 0.3 is 0 Å². The normalized spacial score (nSPS) is 16.6. The van der Waals surface area contributed by atoms with Gasteiger partial charge in [-0.2, -0.15) is 11.8 Å². The highest BCUT2D eigenvalue weighted by Gasteiger charge is 2.12. The van der Waals surface area contributed by atoms with Crippen molar-refractivity contribution in [2.75, 3.05) is 48.7 Å². The molecule has 0 spiro atoms. The molecule has 1 aliphatic heterocycles. The predicted octanol–water partition coefficient (Wildman–Crippen LogP) is 1.95. The van der Waals surface area contributed by atoms with E-state index in [0.29, 0.717) is 5.82 Å². The number of nitrogen functional groups attached to an aromatic ring is 1. The number of hydrogen-bond acceptors (Lipinski definition) is 6. The van der Waals surface area contributed by atoms with E-state index in [0.717, 1.165) is 30.3 Å². The Morgan fingerprint density at radius 2 is 2.00 bits per heavy atom. The fourth-order valence-electron chi connectivity index (χ4n) is 2.14. The van der Waals surface area contributed by atoms with Crippen LogP contribution < -0.4 is 11.1 Å². The minimum absolute atomic E-state index is 0.289. The topological polar surface area (TPSA) is 67.1 Å². The Bertz CT molecular complexity index is 443. The van der Waals surface area contributed by atoms with Crippen molar-refractivity contribution in [1.29, 1.82) is 0 Å². The molecule has 1 fully saturated rings. The third-order valence-electron chi connectivity index (χ3n) is 3.54. The van der Waals surface area contributed by atoms with Crippen molar-refractivity contribution < 1.29 is 0 Å². The first kappa shape index (κ1) is 15.4. The average molecular weight is 295 g/mol. The van der Waals surface area contributed by atoms with Crippen LogP contribution >= 0.6 is 11.8 Å². The van der Waals surface area contributed by atoms with Crippen LogP contribution in [0.2, 0.25) is 0 Å². The lowest BCUT2D eigenvalue weighted by Gasteiger charge is -2.26. The Kier molecular flexibility index (Phi) is 5.48. The molecule has 1 aromatic heterocycles. The third-order valence-corrected chi connectivity index (χ3v) is 4.48. The summed E-state index contributed by atoms with van der Waals surface area (Å²) in [5, 5.41) is 3.42. The molecule has 1 aromatic rings. The zero-order chi connectivity index (χ0) is 14.5. The molecule has 1 saturated heterocycles. The van der Waals surface area contributed by atoms with Crippen molar-refractivity contribution in [1.82, 2.24) is 14.9 Å². The number of rotatable bonds is 5. The second-order valence-corrected chi connectivity index (χ2v) is 6.70. The molecule has 0 unspecified atom stereocenters. The summed E-state index contributed by atoms with van der Waals surface area (Å²) in [6.07, 6.45) is 0. The van der Waals surface area contributed by atoms with Crippen LogP contribution in [0.4, 0.5) is 11.6 Å². The molecule has 6 heteroatoms. The molecule has 20 heavy (non-hydrogen) atoms. The van der Waals surface area contributed by atoms with Gasteiger partial charge in [-0.1, -0.05) is 13.8 Å². The van der Waals surface area contributed by atoms with Gasteiger partial charge in [-0.25, -0.2) is 9.97 Å². The number of anilines is 2. The minimum atomic E-state index is 0.289. The summed E-state index contributed by atoms with van der Waals surface area (Å²) >= 11 is 2.04. The zero-order valence-corrected chi connectivity index (χ0v) is 13.5. The number of nitrogens with one attached hydrogen (secondary N) is 1. The van der Waals surface area contributed by atoms with Gasteiger partial charge in [0, 0.05) is 49.2 Å². The van der Waals surface area contributed by atoms with E-state index < -0.39 is 0 Å². The van der Waals surface area contributed by atoms with Crippen molar-refractivity contribution in [2.45, 2.75) is 26.7 Å². The van der Waals surface area contributed by atoms with E-state index in [1.165, 1.54) is 24.6 Å². The zero-order valence-electron chi connectivity index (χ0n) is 12.6. The van der Waals surface area contributed by atoms with Gasteiger partial charge < -0.3 is 11.1 Å². The van der Waals surface area contributed by atoms with Crippen molar-refractivity contribution in [3.8, 4) is 0 Å². The third kappa shape index (κ3) is 3.99. The highest BCUT2D eigenvalue weighted by molar-refractivity contribution is 7.99. The second kappa shape index (κ2) is 7.13. The largest absolute Gasteiger partial charge is 0.383 e. The van der Waals surface area contributed by atoms with Gasteiger partial charge in [0.2, 0.25) is 0 Å². The molecule has 0 bridgehead atoms. The van der Waals surface area contributed by atoms with E-state index in [1.54, 1.807) is 0 Å². The number of nitrogens with zero attached hydrogens (tertiary/aromatic N) is 3. The molecule has 1 aliphatic rings. The van der Waals surface area contributed by atoms with Gasteiger partial charge in [-0.3, -0.25) is 4.90 Å². The maximum atomic E-state index is 5.97. The molecule has 0 aromatic carbocycles. The van der Waals surface area contributed by atoms with Gasteiger partial charge in [0.05, 0.1) is 0 Å². The summed E-state index contributed by atoms with van der Waals surface area (Å²) in [7, 11) is 0. The first-order chi connectivity index (χ1) is 9.58. The number of hydrogen-bond donors (Lipinski definition) is 2. The lowest BCUT2D eigenvalue weighted by molar-refractivity contribution is 0.314. The number of thioether (sulfide) groups is 1. The first-order valence-corrected chi connectivity index (χ1v) is 8.41. The average Bonchev–Trinajstić information content (AvgIpc) is 2.44. The summed E-state index contributed by atoms with van der Waals surface area (Å²) in [5.41, 5.74) is 6.92. The maximum Gasteiger partial charge on any atom is 0.135 e. The Morgan fingerprint density at radius 1 is 1.30 bits per heavy atom. The van der Waals surface area contributed by atoms with E-state index in [2.05, 4.69) is 34.0 Å². The van der Waals surface area contributed by atoms with E-state index in [4.69, 9.17) is 5.73 Å². The summed E-state index contributed by atoms with van der Waals surface area (Å²) < 4.78 is 0. The minimum Gasteiger partial charge on any atom is -0.383 e. The monoisotopic (exact) mass is 295 g/mol. The smallest absolute Gasteiger partial charge is 0.135 e. The fourth-order valence-corrected chi connectivity index (χ4v) is 3.12. The summed E-state index contributed by atoms with van der Waals surface area (Å²) in [6, 6.07) is 0. The highest BCUT2D eigenvalue weighted by atomic mass is 32.2.